The standard InChI is InChI=1S/C18H23N3O2/c1-2-3-7-16(22)15-12-19-17-9-8-14(13-21(15)17)18(23)20-10-5-4-6-11-20/h2-3,8-9,12-13,16,22H,4-7,10-11H2,1H3/b3-2+. The Morgan fingerprint density at radius 2 is 2.13 bits per heavy atom. The highest BCUT2D eigenvalue weighted by atomic mass is 16.3. The number of piperidine rings is 1. The maximum atomic E-state index is 12.6. The number of rotatable bonds is 4. The molecule has 1 saturated heterocycles. The van der Waals surface area contributed by atoms with Crippen molar-refractivity contribution < 1.29 is 9.90 Å². The first-order chi connectivity index (χ1) is 11.2. The number of aliphatic hydroxyl groups excluding tert-OH is 1. The summed E-state index contributed by atoms with van der Waals surface area (Å²) in [6, 6.07) is 3.66. The normalized spacial score (nSPS) is 17.0. The minimum Gasteiger partial charge on any atom is -0.386 e. The number of hydrogen-bond acceptors (Lipinski definition) is 3. The lowest BCUT2D eigenvalue weighted by atomic mass is 10.1. The molecule has 0 saturated carbocycles. The number of imidazole rings is 1. The van der Waals surface area contributed by atoms with Crippen LogP contribution in [0.25, 0.3) is 5.65 Å². The summed E-state index contributed by atoms with van der Waals surface area (Å²) in [5.41, 5.74) is 2.11. The second-order valence-electron chi connectivity index (χ2n) is 6.00. The van der Waals surface area contributed by atoms with Crippen LogP contribution in [0.15, 0.2) is 36.7 Å². The van der Waals surface area contributed by atoms with Crippen LogP contribution in [0.1, 0.15) is 54.8 Å². The predicted molar refractivity (Wildman–Crippen MR) is 89.3 cm³/mol. The topological polar surface area (TPSA) is 57.8 Å². The molecule has 1 fully saturated rings. The molecule has 5 nitrogen and oxygen atoms in total. The molecule has 1 atom stereocenters. The van der Waals surface area contributed by atoms with E-state index in [1.807, 2.05) is 40.5 Å². The molecule has 3 heterocycles. The Bertz CT molecular complexity index is 714. The van der Waals surface area contributed by atoms with Crippen molar-refractivity contribution in [1.29, 1.82) is 0 Å². The molecule has 122 valence electrons. The van der Waals surface area contributed by atoms with E-state index in [2.05, 4.69) is 4.98 Å². The molecule has 2 aromatic heterocycles. The molecule has 1 aliphatic rings. The van der Waals surface area contributed by atoms with Gasteiger partial charge in [-0.2, -0.15) is 0 Å². The van der Waals surface area contributed by atoms with Gasteiger partial charge < -0.3 is 14.4 Å². The summed E-state index contributed by atoms with van der Waals surface area (Å²) in [4.78, 5) is 18.9. The van der Waals surface area contributed by atoms with Gasteiger partial charge in [-0.3, -0.25) is 4.79 Å². The minimum atomic E-state index is -0.624. The van der Waals surface area contributed by atoms with Crippen molar-refractivity contribution >= 4 is 11.6 Å². The Balaban J connectivity index is 1.89. The Hall–Kier alpha value is -2.14. The number of pyridine rings is 1. The minimum absolute atomic E-state index is 0.0641. The van der Waals surface area contributed by atoms with E-state index in [4.69, 9.17) is 0 Å². The number of allylic oxidation sites excluding steroid dienone is 1. The molecule has 1 unspecified atom stereocenters. The van der Waals surface area contributed by atoms with Crippen molar-refractivity contribution in [2.75, 3.05) is 13.1 Å². The van der Waals surface area contributed by atoms with Crippen LogP contribution in [-0.4, -0.2) is 38.4 Å². The Labute approximate surface area is 136 Å². The number of carbonyl (C=O) groups excluding carboxylic acids is 1. The quantitative estimate of drug-likeness (QED) is 0.883. The van der Waals surface area contributed by atoms with Gasteiger partial charge >= 0.3 is 0 Å². The van der Waals surface area contributed by atoms with Gasteiger partial charge in [0.2, 0.25) is 0 Å². The van der Waals surface area contributed by atoms with Crippen LogP contribution in [0.2, 0.25) is 0 Å². The molecule has 0 aromatic carbocycles. The van der Waals surface area contributed by atoms with Gasteiger partial charge in [-0.15, -0.1) is 0 Å². The van der Waals surface area contributed by atoms with Gasteiger partial charge in [-0.1, -0.05) is 12.2 Å². The van der Waals surface area contributed by atoms with E-state index < -0.39 is 6.10 Å². The highest BCUT2D eigenvalue weighted by molar-refractivity contribution is 5.94. The lowest BCUT2D eigenvalue weighted by Gasteiger charge is -2.26. The van der Waals surface area contributed by atoms with E-state index in [1.54, 1.807) is 12.4 Å². The third kappa shape index (κ3) is 3.29. The molecule has 0 aliphatic carbocycles. The highest BCUT2D eigenvalue weighted by Gasteiger charge is 2.19. The number of nitrogens with zero attached hydrogens (tertiary/aromatic N) is 3. The Kier molecular flexibility index (Phi) is 4.76. The van der Waals surface area contributed by atoms with Crippen molar-refractivity contribution in [3.8, 4) is 0 Å². The van der Waals surface area contributed by atoms with Crippen LogP contribution in [0.5, 0.6) is 0 Å². The van der Waals surface area contributed by atoms with Gasteiger partial charge in [-0.25, -0.2) is 4.98 Å². The summed E-state index contributed by atoms with van der Waals surface area (Å²) in [5.74, 6) is 0.0641. The maximum Gasteiger partial charge on any atom is 0.255 e. The molecule has 3 rings (SSSR count). The number of fused-ring (bicyclic) bond motifs is 1. The van der Waals surface area contributed by atoms with Crippen LogP contribution in [0.3, 0.4) is 0 Å². The van der Waals surface area contributed by atoms with Gasteiger partial charge in [0.15, 0.2) is 0 Å². The van der Waals surface area contributed by atoms with Crippen molar-refractivity contribution in [1.82, 2.24) is 14.3 Å². The molecule has 0 radical (unpaired) electrons. The Morgan fingerprint density at radius 3 is 2.87 bits per heavy atom. The molecule has 1 amide bonds. The van der Waals surface area contributed by atoms with Crippen LogP contribution in [-0.2, 0) is 0 Å². The fourth-order valence-corrected chi connectivity index (χ4v) is 3.04. The van der Waals surface area contributed by atoms with Crippen LogP contribution in [0.4, 0.5) is 0 Å². The smallest absolute Gasteiger partial charge is 0.255 e. The molecule has 1 N–H and O–H groups in total. The van der Waals surface area contributed by atoms with Crippen LogP contribution >= 0.6 is 0 Å². The number of likely N-dealkylation sites (tertiary alicyclic amines) is 1. The summed E-state index contributed by atoms with van der Waals surface area (Å²) in [7, 11) is 0. The first-order valence-electron chi connectivity index (χ1n) is 8.26. The van der Waals surface area contributed by atoms with Gasteiger partial charge in [0, 0.05) is 19.3 Å². The second kappa shape index (κ2) is 6.96. The molecular formula is C18H23N3O2. The molecule has 1 aliphatic heterocycles. The van der Waals surface area contributed by atoms with Crippen LogP contribution in [0, 0.1) is 0 Å². The number of hydrogen-bond donors (Lipinski definition) is 1. The lowest BCUT2D eigenvalue weighted by Crippen LogP contribution is -2.35. The largest absolute Gasteiger partial charge is 0.386 e. The Morgan fingerprint density at radius 1 is 1.35 bits per heavy atom. The van der Waals surface area contributed by atoms with Crippen molar-refractivity contribution in [3.63, 3.8) is 0 Å². The van der Waals surface area contributed by atoms with E-state index in [9.17, 15) is 9.90 Å². The fourth-order valence-electron chi connectivity index (χ4n) is 3.04. The summed E-state index contributed by atoms with van der Waals surface area (Å²) in [6.07, 6.45) is 10.6. The SMILES string of the molecule is C/C=C/CC(O)c1cnc2ccc(C(=O)N3CCCCC3)cn12. The number of carbonyl (C=O) groups is 1. The van der Waals surface area contributed by atoms with Gasteiger partial charge in [0.05, 0.1) is 23.6 Å². The molecule has 0 bridgehead atoms. The molecule has 23 heavy (non-hydrogen) atoms. The lowest BCUT2D eigenvalue weighted by molar-refractivity contribution is 0.0723. The van der Waals surface area contributed by atoms with Gasteiger partial charge in [0.1, 0.15) is 5.65 Å². The highest BCUT2D eigenvalue weighted by Crippen LogP contribution is 2.20. The van der Waals surface area contributed by atoms with E-state index in [0.717, 1.165) is 31.6 Å². The third-order valence-corrected chi connectivity index (χ3v) is 4.36. The average Bonchev–Trinajstić information content (AvgIpc) is 3.03. The monoisotopic (exact) mass is 313 g/mol. The first-order valence-corrected chi connectivity index (χ1v) is 8.26. The van der Waals surface area contributed by atoms with E-state index in [-0.39, 0.29) is 5.91 Å². The van der Waals surface area contributed by atoms with Crippen LogP contribution < -0.4 is 0 Å². The zero-order chi connectivity index (χ0) is 16.2. The number of aliphatic hydroxyl groups is 1. The first kappa shape index (κ1) is 15.7. The van der Waals surface area contributed by atoms with E-state index in [0.29, 0.717) is 17.7 Å². The van der Waals surface area contributed by atoms with Crippen molar-refractivity contribution in [3.05, 3.63) is 47.9 Å². The van der Waals surface area contributed by atoms with E-state index in [1.165, 1.54) is 6.42 Å². The predicted octanol–water partition coefficient (Wildman–Crippen LogP) is 2.96. The van der Waals surface area contributed by atoms with Gasteiger partial charge in [0.25, 0.3) is 5.91 Å². The molecule has 2 aromatic rings. The summed E-state index contributed by atoms with van der Waals surface area (Å²) in [5, 5.41) is 10.3. The number of amides is 1. The summed E-state index contributed by atoms with van der Waals surface area (Å²) in [6.45, 7) is 3.59. The second-order valence-corrected chi connectivity index (χ2v) is 6.00. The summed E-state index contributed by atoms with van der Waals surface area (Å²) < 4.78 is 1.82. The zero-order valence-corrected chi connectivity index (χ0v) is 13.5. The van der Waals surface area contributed by atoms with Crippen molar-refractivity contribution in [2.24, 2.45) is 0 Å². The fraction of sp³-hybridized carbons (Fsp3) is 0.444. The third-order valence-electron chi connectivity index (χ3n) is 4.36. The maximum absolute atomic E-state index is 12.6. The molecule has 5 heteroatoms. The zero-order valence-electron chi connectivity index (χ0n) is 13.5. The van der Waals surface area contributed by atoms with Crippen molar-refractivity contribution in [2.45, 2.75) is 38.7 Å². The molecule has 0 spiro atoms. The number of aromatic nitrogens is 2. The van der Waals surface area contributed by atoms with Gasteiger partial charge in [-0.05, 0) is 44.7 Å². The summed E-state index contributed by atoms with van der Waals surface area (Å²) >= 11 is 0. The average molecular weight is 313 g/mol. The molecular weight excluding hydrogens is 290 g/mol. The van der Waals surface area contributed by atoms with E-state index >= 15 is 0 Å².